The highest BCUT2D eigenvalue weighted by atomic mass is 32.2. The Kier molecular flexibility index (Phi) is 7.15. The zero-order valence-electron chi connectivity index (χ0n) is 24.3. The van der Waals surface area contributed by atoms with Gasteiger partial charge in [0.25, 0.3) is 10.0 Å². The molecule has 2 aromatic heterocycles. The Hall–Kier alpha value is -4.05. The lowest BCUT2D eigenvalue weighted by molar-refractivity contribution is -0.316. The molecule has 3 heterocycles. The molecule has 14 nitrogen and oxygen atoms in total. The number of aromatic nitrogens is 3. The number of aliphatic hydroxyl groups is 1. The van der Waals surface area contributed by atoms with Crippen molar-refractivity contribution >= 4 is 38.3 Å². The van der Waals surface area contributed by atoms with Gasteiger partial charge in [-0.2, -0.15) is 5.10 Å². The largest absolute Gasteiger partial charge is 0.495 e. The minimum atomic E-state index is -4.37. The van der Waals surface area contributed by atoms with Crippen LogP contribution in [0.2, 0.25) is 0 Å². The molecule has 1 saturated heterocycles. The highest BCUT2D eigenvalue weighted by Crippen LogP contribution is 2.43. The number of nitrogens with one attached hydrogen (secondary N) is 3. The van der Waals surface area contributed by atoms with Crippen molar-refractivity contribution in [2.45, 2.75) is 48.9 Å². The fourth-order valence-electron chi connectivity index (χ4n) is 4.83. The van der Waals surface area contributed by atoms with E-state index in [9.17, 15) is 13.5 Å². The van der Waals surface area contributed by atoms with Gasteiger partial charge in [0.1, 0.15) is 23.9 Å². The molecule has 4 N–H and O–H groups in total. The van der Waals surface area contributed by atoms with Gasteiger partial charge in [-0.05, 0) is 44.9 Å². The quantitative estimate of drug-likeness (QED) is 0.202. The summed E-state index contributed by atoms with van der Waals surface area (Å²) < 4.78 is 63.4. The normalized spacial score (nSPS) is 20.1. The van der Waals surface area contributed by atoms with Crippen LogP contribution in [0.15, 0.2) is 39.8 Å². The van der Waals surface area contributed by atoms with Gasteiger partial charge in [-0.1, -0.05) is 5.16 Å². The second kappa shape index (κ2) is 10.6. The van der Waals surface area contributed by atoms with Gasteiger partial charge < -0.3 is 38.6 Å². The Morgan fingerprint density at radius 3 is 2.28 bits per heavy atom. The number of hydrogen-bond donors (Lipinski definition) is 4. The van der Waals surface area contributed by atoms with Crippen LogP contribution in [-0.2, 0) is 25.3 Å². The maximum Gasteiger partial charge on any atom is 0.270 e. The summed E-state index contributed by atoms with van der Waals surface area (Å²) in [6.07, 6.45) is 2.28. The van der Waals surface area contributed by atoms with Crippen LogP contribution in [0, 0.1) is 0 Å². The van der Waals surface area contributed by atoms with Crippen LogP contribution in [0.25, 0.3) is 11.0 Å². The molecule has 4 aromatic rings. The number of benzene rings is 2. The van der Waals surface area contributed by atoms with Gasteiger partial charge in [-0.15, -0.1) is 0 Å². The number of sulfonamides is 1. The van der Waals surface area contributed by atoms with Gasteiger partial charge >= 0.3 is 0 Å². The molecule has 230 valence electrons. The predicted octanol–water partition coefficient (Wildman–Crippen LogP) is 3.97. The smallest absolute Gasteiger partial charge is 0.270 e. The molecule has 15 heteroatoms. The number of H-pyrrole nitrogens is 1. The van der Waals surface area contributed by atoms with Gasteiger partial charge in [0, 0.05) is 29.3 Å². The molecule has 0 amide bonds. The number of methoxy groups -OCH3 is 3. The summed E-state index contributed by atoms with van der Waals surface area (Å²) in [4.78, 5) is -0.312. The first kappa shape index (κ1) is 29.0. The second-order valence-electron chi connectivity index (χ2n) is 11.1. The maximum absolute atomic E-state index is 13.8. The number of nitrogens with zero attached hydrogens (tertiary/aromatic N) is 2. The van der Waals surface area contributed by atoms with Gasteiger partial charge in [0.2, 0.25) is 5.79 Å². The Bertz CT molecular complexity index is 1740. The predicted molar refractivity (Wildman–Crippen MR) is 155 cm³/mol. The van der Waals surface area contributed by atoms with Crippen molar-refractivity contribution in [2.24, 2.45) is 0 Å². The van der Waals surface area contributed by atoms with E-state index in [1.807, 2.05) is 19.9 Å². The van der Waals surface area contributed by atoms with Gasteiger partial charge in [0.15, 0.2) is 22.1 Å². The molecule has 0 unspecified atom stereocenters. The van der Waals surface area contributed by atoms with E-state index in [1.165, 1.54) is 33.5 Å². The summed E-state index contributed by atoms with van der Waals surface area (Å²) >= 11 is 0. The molecule has 1 aliphatic heterocycles. The second-order valence-corrected chi connectivity index (χ2v) is 12.7. The average Bonchev–Trinajstić information content (AvgIpc) is 3.62. The van der Waals surface area contributed by atoms with E-state index in [0.717, 1.165) is 18.5 Å². The lowest BCUT2D eigenvalue weighted by atomic mass is 10.0. The van der Waals surface area contributed by atoms with Crippen LogP contribution >= 0.6 is 0 Å². The summed E-state index contributed by atoms with van der Waals surface area (Å²) in [5.41, 5.74) is 1.53. The van der Waals surface area contributed by atoms with Crippen LogP contribution in [0.4, 0.5) is 17.3 Å². The third-order valence-corrected chi connectivity index (χ3v) is 8.80. The third-order valence-electron chi connectivity index (χ3n) is 7.40. The highest BCUT2D eigenvalue weighted by molar-refractivity contribution is 7.93. The highest BCUT2D eigenvalue weighted by Gasteiger charge is 2.42. The molecule has 0 radical (unpaired) electrons. The summed E-state index contributed by atoms with van der Waals surface area (Å²) in [6.45, 7) is 3.60. The molecule has 1 atom stereocenters. The number of fused-ring (bicyclic) bond motifs is 1. The van der Waals surface area contributed by atoms with E-state index in [0.29, 0.717) is 34.1 Å². The summed E-state index contributed by atoms with van der Waals surface area (Å²) in [5.74, 6) is -0.563. The average molecular weight is 616 g/mol. The number of rotatable bonds is 10. The van der Waals surface area contributed by atoms with Crippen molar-refractivity contribution in [3.63, 3.8) is 0 Å². The van der Waals surface area contributed by atoms with E-state index >= 15 is 0 Å². The fraction of sp³-hybridized carbons (Fsp3) is 0.429. The molecule has 1 saturated carbocycles. The number of anilines is 3. The molecule has 2 fully saturated rings. The molecule has 0 spiro atoms. The van der Waals surface area contributed by atoms with Crippen molar-refractivity contribution in [3.8, 4) is 17.2 Å². The maximum atomic E-state index is 13.8. The zero-order valence-corrected chi connectivity index (χ0v) is 25.1. The van der Waals surface area contributed by atoms with Crippen LogP contribution in [0.1, 0.15) is 43.9 Å². The lowest BCUT2D eigenvalue weighted by Crippen LogP contribution is -2.49. The Labute approximate surface area is 247 Å². The molecule has 2 aromatic carbocycles. The van der Waals surface area contributed by atoms with Crippen molar-refractivity contribution in [3.05, 3.63) is 41.6 Å². The summed E-state index contributed by atoms with van der Waals surface area (Å²) in [6, 6.07) is 7.93. The fourth-order valence-corrected chi connectivity index (χ4v) is 6.15. The minimum absolute atomic E-state index is 0.0753. The molecule has 6 rings (SSSR count). The SMILES string of the molecule is COc1cc2c(NS(=O)(=O)c3c(OC)cc([C@@]4(O)COC(C)(C)CO4)cc3OC)noc2cc1Nc1cc(C2CC2)[nH]n1. The summed E-state index contributed by atoms with van der Waals surface area (Å²) in [5, 5.41) is 26.0. The van der Waals surface area contributed by atoms with Gasteiger partial charge in [-0.25, -0.2) is 8.42 Å². The lowest BCUT2D eigenvalue weighted by Gasteiger charge is -2.40. The van der Waals surface area contributed by atoms with Gasteiger partial charge in [-0.3, -0.25) is 9.82 Å². The van der Waals surface area contributed by atoms with E-state index in [2.05, 4.69) is 25.4 Å². The van der Waals surface area contributed by atoms with Crippen molar-refractivity contribution in [1.29, 1.82) is 0 Å². The van der Waals surface area contributed by atoms with Crippen molar-refractivity contribution in [1.82, 2.24) is 15.4 Å². The van der Waals surface area contributed by atoms with Crippen molar-refractivity contribution in [2.75, 3.05) is 44.6 Å². The molecular weight excluding hydrogens is 582 g/mol. The number of ether oxygens (including phenoxy) is 5. The molecule has 0 bridgehead atoms. The number of aromatic amines is 1. The topological polar surface area (TPSA) is 179 Å². The van der Waals surface area contributed by atoms with E-state index in [4.69, 9.17) is 28.2 Å². The summed E-state index contributed by atoms with van der Waals surface area (Å²) in [7, 11) is -0.261. The molecule has 2 aliphatic rings. The first-order valence-corrected chi connectivity index (χ1v) is 15.0. The van der Waals surface area contributed by atoms with Crippen LogP contribution in [0.5, 0.6) is 17.2 Å². The van der Waals surface area contributed by atoms with Crippen molar-refractivity contribution < 1.29 is 41.7 Å². The van der Waals surface area contributed by atoms with E-state index < -0.39 is 21.4 Å². The molecular formula is C28H33N5O9S. The Balaban J connectivity index is 1.31. The zero-order chi connectivity index (χ0) is 30.6. The first-order valence-electron chi connectivity index (χ1n) is 13.5. The number of hydrogen-bond acceptors (Lipinski definition) is 12. The Morgan fingerprint density at radius 1 is 0.977 bits per heavy atom. The van der Waals surface area contributed by atoms with Crippen LogP contribution in [-0.4, -0.2) is 69.0 Å². The first-order chi connectivity index (χ1) is 20.4. The minimum Gasteiger partial charge on any atom is -0.495 e. The third kappa shape index (κ3) is 5.56. The van der Waals surface area contributed by atoms with Gasteiger partial charge in [0.05, 0.1) is 44.6 Å². The van der Waals surface area contributed by atoms with E-state index in [-0.39, 0.29) is 41.0 Å². The molecule has 43 heavy (non-hydrogen) atoms. The Morgan fingerprint density at radius 2 is 1.67 bits per heavy atom. The van der Waals surface area contributed by atoms with Crippen LogP contribution in [0.3, 0.4) is 0 Å². The van der Waals surface area contributed by atoms with E-state index in [1.54, 1.807) is 12.1 Å². The standard InChI is InChI=1S/C28H33N5O9S/c1-27(2)13-41-28(34,14-40-27)16-8-22(38-4)25(23(9-16)39-5)43(35,36)33-26-17-10-21(37-3)19(11-20(17)42-32-26)29-24-12-18(30-31-24)15-6-7-15/h8-12,15,34H,6-7,13-14H2,1-5H3,(H,32,33)(H2,29,30,31)/t28-/m1/s1. The monoisotopic (exact) mass is 615 g/mol. The molecule has 1 aliphatic carbocycles. The van der Waals surface area contributed by atoms with Crippen LogP contribution < -0.4 is 24.2 Å².